The Bertz CT molecular complexity index is 961. The first-order valence-electron chi connectivity index (χ1n) is 8.23. The highest BCUT2D eigenvalue weighted by Gasteiger charge is 2.09. The fraction of sp³-hybridized carbons (Fsp3) is 0.211. The number of nitrogens with zero attached hydrogens (tertiary/aromatic N) is 1. The van der Waals surface area contributed by atoms with Crippen LogP contribution in [-0.2, 0) is 6.42 Å². The fourth-order valence-corrected chi connectivity index (χ4v) is 2.66. The largest absolute Gasteiger partial charge is 0.323 e. The van der Waals surface area contributed by atoms with Crippen LogP contribution in [0, 0.1) is 6.92 Å². The molecule has 1 aromatic heterocycles. The molecule has 3 N–H and O–H groups in total. The number of aryl methyl sites for hydroxylation is 2. The molecule has 6 nitrogen and oxygen atoms in total. The number of benzene rings is 2. The average Bonchev–Trinajstić information content (AvgIpc) is 2.60. The molecule has 0 aliphatic heterocycles. The minimum Gasteiger partial charge on any atom is -0.308 e. The third-order valence-electron chi connectivity index (χ3n) is 3.92. The summed E-state index contributed by atoms with van der Waals surface area (Å²) in [6.45, 7) is 4.04. The Morgan fingerprint density at radius 2 is 1.72 bits per heavy atom. The quantitative estimate of drug-likeness (QED) is 0.677. The Balaban J connectivity index is 1.82. The van der Waals surface area contributed by atoms with Crippen LogP contribution in [0.5, 0.6) is 0 Å². The van der Waals surface area contributed by atoms with Crippen molar-refractivity contribution in [2.24, 2.45) is 0 Å². The van der Waals surface area contributed by atoms with Crippen molar-refractivity contribution in [1.82, 2.24) is 10.2 Å². The molecule has 6 heteroatoms. The first kappa shape index (κ1) is 16.7. The predicted octanol–water partition coefficient (Wildman–Crippen LogP) is 3.83. The van der Waals surface area contributed by atoms with Gasteiger partial charge in [-0.1, -0.05) is 37.1 Å². The van der Waals surface area contributed by atoms with Crippen LogP contribution < -0.4 is 16.2 Å². The molecule has 3 aromatic rings. The van der Waals surface area contributed by atoms with Gasteiger partial charge < -0.3 is 10.6 Å². The summed E-state index contributed by atoms with van der Waals surface area (Å²) in [5.74, 6) is 0. The highest BCUT2D eigenvalue weighted by atomic mass is 16.2. The van der Waals surface area contributed by atoms with Gasteiger partial charge in [-0.05, 0) is 37.6 Å². The number of hydrogen-bond acceptors (Lipinski definition) is 3. The molecule has 25 heavy (non-hydrogen) atoms. The minimum atomic E-state index is -0.359. The van der Waals surface area contributed by atoms with Gasteiger partial charge in [0.2, 0.25) is 0 Å². The lowest BCUT2D eigenvalue weighted by atomic mass is 10.1. The van der Waals surface area contributed by atoms with Crippen molar-refractivity contribution in [1.29, 1.82) is 0 Å². The highest BCUT2D eigenvalue weighted by molar-refractivity contribution is 6.01. The van der Waals surface area contributed by atoms with Crippen LogP contribution in [0.1, 0.15) is 24.6 Å². The Hall–Kier alpha value is -3.15. The summed E-state index contributed by atoms with van der Waals surface area (Å²) in [6.07, 6.45) is 1.72. The van der Waals surface area contributed by atoms with Gasteiger partial charge in [0, 0.05) is 16.8 Å². The van der Waals surface area contributed by atoms with Gasteiger partial charge in [0.05, 0.1) is 11.1 Å². The first-order chi connectivity index (χ1) is 12.1. The number of hydrogen-bond donors (Lipinski definition) is 3. The maximum absolute atomic E-state index is 12.1. The van der Waals surface area contributed by atoms with Gasteiger partial charge in [0.1, 0.15) is 0 Å². The van der Waals surface area contributed by atoms with Gasteiger partial charge in [-0.2, -0.15) is 5.10 Å². The molecule has 0 unspecified atom stereocenters. The molecule has 1 heterocycles. The number of aromatic nitrogens is 2. The van der Waals surface area contributed by atoms with Crippen LogP contribution in [0.15, 0.2) is 47.3 Å². The number of amides is 2. The van der Waals surface area contributed by atoms with E-state index in [4.69, 9.17) is 0 Å². The normalized spacial score (nSPS) is 10.6. The lowest BCUT2D eigenvalue weighted by Gasteiger charge is -2.09. The van der Waals surface area contributed by atoms with Crippen LogP contribution in [0.2, 0.25) is 0 Å². The smallest absolute Gasteiger partial charge is 0.308 e. The second kappa shape index (κ2) is 7.17. The number of anilines is 2. The zero-order chi connectivity index (χ0) is 17.8. The standard InChI is InChI=1S/C19H20N4O2/c1-3-4-17-15-10-9-14(11-16(15)18(24)23-22-17)21-19(25)20-13-7-5-12(2)6-8-13/h5-11H,3-4H2,1-2H3,(H,23,24)(H2,20,21,25). The Labute approximate surface area is 145 Å². The molecular weight excluding hydrogens is 316 g/mol. The van der Waals surface area contributed by atoms with Gasteiger partial charge in [-0.25, -0.2) is 9.89 Å². The van der Waals surface area contributed by atoms with Crippen LogP contribution in [-0.4, -0.2) is 16.2 Å². The van der Waals surface area contributed by atoms with E-state index in [9.17, 15) is 9.59 Å². The van der Waals surface area contributed by atoms with Crippen LogP contribution in [0.4, 0.5) is 16.2 Å². The fourth-order valence-electron chi connectivity index (χ4n) is 2.66. The van der Waals surface area contributed by atoms with Gasteiger partial charge in [0.25, 0.3) is 5.56 Å². The number of nitrogens with one attached hydrogen (secondary N) is 3. The molecule has 3 rings (SSSR count). The molecule has 2 aromatic carbocycles. The summed E-state index contributed by atoms with van der Waals surface area (Å²) >= 11 is 0. The van der Waals surface area contributed by atoms with E-state index in [0.29, 0.717) is 16.8 Å². The number of aromatic amines is 1. The van der Waals surface area contributed by atoms with E-state index in [-0.39, 0.29) is 11.6 Å². The molecule has 0 radical (unpaired) electrons. The van der Waals surface area contributed by atoms with E-state index in [1.807, 2.05) is 37.3 Å². The number of carbonyl (C=O) groups is 1. The van der Waals surface area contributed by atoms with Gasteiger partial charge in [0.15, 0.2) is 0 Å². The number of rotatable bonds is 4. The first-order valence-corrected chi connectivity index (χ1v) is 8.23. The van der Waals surface area contributed by atoms with E-state index >= 15 is 0 Å². The third kappa shape index (κ3) is 3.85. The van der Waals surface area contributed by atoms with Gasteiger partial charge in [-0.15, -0.1) is 0 Å². The molecule has 0 saturated carbocycles. The summed E-state index contributed by atoms with van der Waals surface area (Å²) in [7, 11) is 0. The van der Waals surface area contributed by atoms with Crippen molar-refractivity contribution in [3.63, 3.8) is 0 Å². The van der Waals surface area contributed by atoms with Crippen molar-refractivity contribution < 1.29 is 4.79 Å². The molecule has 0 bridgehead atoms. The SMILES string of the molecule is CCCc1n[nH]c(=O)c2cc(NC(=O)Nc3ccc(C)cc3)ccc12. The number of fused-ring (bicyclic) bond motifs is 1. The zero-order valence-corrected chi connectivity index (χ0v) is 14.2. The number of urea groups is 1. The third-order valence-corrected chi connectivity index (χ3v) is 3.92. The van der Waals surface area contributed by atoms with Crippen molar-refractivity contribution in [3.05, 3.63) is 64.1 Å². The Kier molecular flexibility index (Phi) is 4.79. The van der Waals surface area contributed by atoms with Crippen molar-refractivity contribution in [2.45, 2.75) is 26.7 Å². The maximum atomic E-state index is 12.1. The van der Waals surface area contributed by atoms with E-state index in [1.165, 1.54) is 0 Å². The van der Waals surface area contributed by atoms with E-state index < -0.39 is 0 Å². The lowest BCUT2D eigenvalue weighted by molar-refractivity contribution is 0.262. The molecule has 2 amide bonds. The predicted molar refractivity (Wildman–Crippen MR) is 100 cm³/mol. The zero-order valence-electron chi connectivity index (χ0n) is 14.2. The average molecular weight is 336 g/mol. The molecule has 128 valence electrons. The van der Waals surface area contributed by atoms with Crippen LogP contribution >= 0.6 is 0 Å². The van der Waals surface area contributed by atoms with Gasteiger partial charge >= 0.3 is 6.03 Å². The van der Waals surface area contributed by atoms with E-state index in [2.05, 4.69) is 27.8 Å². The maximum Gasteiger partial charge on any atom is 0.323 e. The van der Waals surface area contributed by atoms with E-state index in [1.54, 1.807) is 12.1 Å². The van der Waals surface area contributed by atoms with Crippen molar-refractivity contribution >= 4 is 28.2 Å². The lowest BCUT2D eigenvalue weighted by Crippen LogP contribution is -2.19. The second-order valence-electron chi connectivity index (χ2n) is 5.95. The second-order valence-corrected chi connectivity index (χ2v) is 5.95. The Morgan fingerprint density at radius 1 is 1.04 bits per heavy atom. The molecular formula is C19H20N4O2. The summed E-state index contributed by atoms with van der Waals surface area (Å²) in [5.41, 5.74) is 2.97. The molecule has 0 aliphatic rings. The molecule has 0 atom stereocenters. The molecule has 0 spiro atoms. The number of H-pyrrole nitrogens is 1. The van der Waals surface area contributed by atoms with Crippen LogP contribution in [0.25, 0.3) is 10.8 Å². The summed E-state index contributed by atoms with van der Waals surface area (Å²) in [4.78, 5) is 24.2. The number of carbonyl (C=O) groups excluding carboxylic acids is 1. The monoisotopic (exact) mass is 336 g/mol. The summed E-state index contributed by atoms with van der Waals surface area (Å²) in [6, 6.07) is 12.4. The van der Waals surface area contributed by atoms with Gasteiger partial charge in [-0.3, -0.25) is 4.79 Å². The summed E-state index contributed by atoms with van der Waals surface area (Å²) < 4.78 is 0. The minimum absolute atomic E-state index is 0.266. The Morgan fingerprint density at radius 3 is 2.44 bits per heavy atom. The molecule has 0 fully saturated rings. The highest BCUT2D eigenvalue weighted by Crippen LogP contribution is 2.19. The molecule has 0 aliphatic carbocycles. The van der Waals surface area contributed by atoms with E-state index in [0.717, 1.165) is 29.5 Å². The molecule has 0 saturated heterocycles. The summed E-state index contributed by atoms with van der Waals surface area (Å²) in [5, 5.41) is 13.5. The van der Waals surface area contributed by atoms with Crippen molar-refractivity contribution in [3.8, 4) is 0 Å². The van der Waals surface area contributed by atoms with Crippen molar-refractivity contribution in [2.75, 3.05) is 10.6 Å². The topological polar surface area (TPSA) is 86.9 Å². The van der Waals surface area contributed by atoms with Crippen LogP contribution in [0.3, 0.4) is 0 Å².